The molecule has 2 nitrogen and oxygen atoms in total. The Kier molecular flexibility index (Phi) is 5.07. The molecule has 0 bridgehead atoms. The van der Waals surface area contributed by atoms with Gasteiger partial charge in [0.05, 0.1) is 5.56 Å². The fraction of sp³-hybridized carbons (Fsp3) is 0. The van der Waals surface area contributed by atoms with Gasteiger partial charge in [-0.1, -0.05) is 31.4 Å². The van der Waals surface area contributed by atoms with Crippen LogP contribution >= 0.6 is 0 Å². The molecule has 1 aromatic rings. The van der Waals surface area contributed by atoms with Gasteiger partial charge < -0.3 is 5.11 Å². The van der Waals surface area contributed by atoms with Crippen molar-refractivity contribution in [2.24, 2.45) is 0 Å². The van der Waals surface area contributed by atoms with E-state index in [4.69, 9.17) is 5.11 Å². The largest absolute Gasteiger partial charge is 0.478 e. The van der Waals surface area contributed by atoms with Gasteiger partial charge in [-0.05, 0) is 12.1 Å². The zero-order chi connectivity index (χ0) is 9.40. The smallest absolute Gasteiger partial charge is 0.335 e. The van der Waals surface area contributed by atoms with E-state index in [-0.39, 0.29) is 0 Å². The Morgan fingerprint density at radius 3 is 1.92 bits per heavy atom. The minimum Gasteiger partial charge on any atom is -0.478 e. The second-order valence-corrected chi connectivity index (χ2v) is 1.92. The third-order valence-corrected chi connectivity index (χ3v) is 1.02. The molecule has 0 fully saturated rings. The lowest BCUT2D eigenvalue weighted by molar-refractivity contribution is 0.0697. The van der Waals surface area contributed by atoms with Crippen LogP contribution in [0.15, 0.2) is 49.2 Å². The predicted molar refractivity (Wildman–Crippen MR) is 48.2 cm³/mol. The summed E-state index contributed by atoms with van der Waals surface area (Å²) in [4.78, 5) is 10.2. The molecular formula is C10H10O2. The summed E-state index contributed by atoms with van der Waals surface area (Å²) in [7, 11) is 0. The van der Waals surface area contributed by atoms with Crippen molar-refractivity contribution < 1.29 is 9.90 Å². The van der Waals surface area contributed by atoms with Crippen molar-refractivity contribution in [1.29, 1.82) is 0 Å². The van der Waals surface area contributed by atoms with Crippen LogP contribution in [0, 0.1) is 0 Å². The molecule has 0 aliphatic heterocycles. The highest BCUT2D eigenvalue weighted by Gasteiger charge is 1.96. The van der Waals surface area contributed by atoms with Crippen LogP contribution in [0.5, 0.6) is 0 Å². The van der Waals surface area contributed by atoms with E-state index in [0.29, 0.717) is 5.56 Å². The van der Waals surface area contributed by atoms with Gasteiger partial charge in [0.1, 0.15) is 0 Å². The first-order chi connectivity index (χ1) is 5.72. The van der Waals surface area contributed by atoms with Gasteiger partial charge in [0.25, 0.3) is 0 Å². The molecule has 0 amide bonds. The molecule has 2 heteroatoms. The highest BCUT2D eigenvalue weighted by atomic mass is 16.4. The Bertz CT molecular complexity index is 269. The summed E-state index contributed by atoms with van der Waals surface area (Å²) in [5, 5.41) is 8.38. The SMILES string of the molecule is C=C=C.O=C(O)c1ccccc1. The van der Waals surface area contributed by atoms with Gasteiger partial charge in [-0.15, -0.1) is 5.73 Å². The molecule has 0 spiro atoms. The van der Waals surface area contributed by atoms with Crippen LogP contribution in [0.3, 0.4) is 0 Å². The standard InChI is InChI=1S/C7H6O2.C3H4/c8-7(9)6-4-2-1-3-5-6;1-3-2/h1-5H,(H,8,9);1-2H2. The molecule has 0 unspecified atom stereocenters. The summed E-state index contributed by atoms with van der Waals surface area (Å²) < 4.78 is 0. The van der Waals surface area contributed by atoms with Crippen LogP contribution in [0.25, 0.3) is 0 Å². The van der Waals surface area contributed by atoms with E-state index in [9.17, 15) is 4.79 Å². The summed E-state index contributed by atoms with van der Waals surface area (Å²) in [6, 6.07) is 8.30. The normalized spacial score (nSPS) is 7.33. The van der Waals surface area contributed by atoms with Crippen molar-refractivity contribution in [2.75, 3.05) is 0 Å². The second-order valence-electron chi connectivity index (χ2n) is 1.92. The summed E-state index contributed by atoms with van der Waals surface area (Å²) in [6.07, 6.45) is 0. The maximum Gasteiger partial charge on any atom is 0.335 e. The molecule has 0 aliphatic rings. The van der Waals surface area contributed by atoms with Crippen molar-refractivity contribution in [1.82, 2.24) is 0 Å². The Morgan fingerprint density at radius 2 is 1.67 bits per heavy atom. The number of rotatable bonds is 1. The van der Waals surface area contributed by atoms with Gasteiger partial charge in [-0.2, -0.15) is 0 Å². The Hall–Kier alpha value is -1.79. The van der Waals surface area contributed by atoms with Gasteiger partial charge >= 0.3 is 5.97 Å². The highest BCUT2D eigenvalue weighted by molar-refractivity contribution is 5.87. The summed E-state index contributed by atoms with van der Waals surface area (Å²) in [5.74, 6) is -0.879. The first-order valence-electron chi connectivity index (χ1n) is 3.30. The molecule has 0 aromatic heterocycles. The molecule has 12 heavy (non-hydrogen) atoms. The van der Waals surface area contributed by atoms with E-state index in [1.165, 1.54) is 0 Å². The van der Waals surface area contributed by atoms with Crippen LogP contribution < -0.4 is 0 Å². The average Bonchev–Trinajstić information content (AvgIpc) is 2.07. The fourth-order valence-corrected chi connectivity index (χ4v) is 0.581. The number of carboxylic acids is 1. The quantitative estimate of drug-likeness (QED) is 0.643. The maximum absolute atomic E-state index is 10.2. The first-order valence-corrected chi connectivity index (χ1v) is 3.30. The summed E-state index contributed by atoms with van der Waals surface area (Å²) >= 11 is 0. The molecule has 62 valence electrons. The van der Waals surface area contributed by atoms with Crippen LogP contribution in [0.4, 0.5) is 0 Å². The van der Waals surface area contributed by atoms with Crippen molar-refractivity contribution in [2.45, 2.75) is 0 Å². The van der Waals surface area contributed by atoms with Gasteiger partial charge in [-0.3, -0.25) is 0 Å². The monoisotopic (exact) mass is 162 g/mol. The third kappa shape index (κ3) is 4.09. The fourth-order valence-electron chi connectivity index (χ4n) is 0.581. The van der Waals surface area contributed by atoms with Gasteiger partial charge in [0, 0.05) is 0 Å². The minimum absolute atomic E-state index is 0.331. The van der Waals surface area contributed by atoms with E-state index in [1.54, 1.807) is 30.3 Å². The Morgan fingerprint density at radius 1 is 1.25 bits per heavy atom. The van der Waals surface area contributed by atoms with Crippen LogP contribution in [0.1, 0.15) is 10.4 Å². The van der Waals surface area contributed by atoms with E-state index in [1.807, 2.05) is 0 Å². The highest BCUT2D eigenvalue weighted by Crippen LogP contribution is 1.96. The van der Waals surface area contributed by atoms with E-state index >= 15 is 0 Å². The molecule has 0 heterocycles. The van der Waals surface area contributed by atoms with Crippen molar-refractivity contribution in [3.05, 3.63) is 54.8 Å². The molecular weight excluding hydrogens is 152 g/mol. The Balaban J connectivity index is 0.000000354. The second kappa shape index (κ2) is 5.96. The lowest BCUT2D eigenvalue weighted by Gasteiger charge is -1.88. The molecule has 0 atom stereocenters. The first kappa shape index (κ1) is 10.2. The third-order valence-electron chi connectivity index (χ3n) is 1.02. The Labute approximate surface area is 71.5 Å². The molecule has 0 saturated heterocycles. The molecule has 0 radical (unpaired) electrons. The summed E-state index contributed by atoms with van der Waals surface area (Å²) in [5.41, 5.74) is 2.58. The molecule has 1 rings (SSSR count). The lowest BCUT2D eigenvalue weighted by Crippen LogP contribution is -1.93. The number of aromatic carboxylic acids is 1. The molecule has 1 aromatic carbocycles. The number of carboxylic acid groups (broad SMARTS) is 1. The van der Waals surface area contributed by atoms with Crippen LogP contribution in [0.2, 0.25) is 0 Å². The molecule has 0 saturated carbocycles. The van der Waals surface area contributed by atoms with Gasteiger partial charge in [-0.25, -0.2) is 4.79 Å². The minimum atomic E-state index is -0.879. The molecule has 0 aliphatic carbocycles. The number of benzene rings is 1. The number of hydrogen-bond acceptors (Lipinski definition) is 1. The van der Waals surface area contributed by atoms with Crippen molar-refractivity contribution in [3.63, 3.8) is 0 Å². The van der Waals surface area contributed by atoms with E-state index < -0.39 is 5.97 Å². The van der Waals surface area contributed by atoms with Crippen molar-refractivity contribution >= 4 is 5.97 Å². The van der Waals surface area contributed by atoms with Crippen LogP contribution in [-0.2, 0) is 0 Å². The van der Waals surface area contributed by atoms with Gasteiger partial charge in [0.15, 0.2) is 0 Å². The van der Waals surface area contributed by atoms with Crippen molar-refractivity contribution in [3.8, 4) is 0 Å². The zero-order valence-corrected chi connectivity index (χ0v) is 6.66. The molecule has 1 N–H and O–H groups in total. The van der Waals surface area contributed by atoms with Crippen LogP contribution in [-0.4, -0.2) is 11.1 Å². The maximum atomic E-state index is 10.2. The zero-order valence-electron chi connectivity index (χ0n) is 6.66. The number of hydrogen-bond donors (Lipinski definition) is 1. The average molecular weight is 162 g/mol. The van der Waals surface area contributed by atoms with E-state index in [2.05, 4.69) is 18.9 Å². The summed E-state index contributed by atoms with van der Waals surface area (Å²) in [6.45, 7) is 6.25. The topological polar surface area (TPSA) is 37.3 Å². The van der Waals surface area contributed by atoms with E-state index in [0.717, 1.165) is 0 Å². The van der Waals surface area contributed by atoms with Gasteiger partial charge in [0.2, 0.25) is 0 Å². The predicted octanol–water partition coefficient (Wildman–Crippen LogP) is 2.34. The number of carbonyl (C=O) groups is 1. The lowest BCUT2D eigenvalue weighted by atomic mass is 10.2.